The standard InChI is InChI=1S/C27H27N5O5/c1-3-31(4-2)22-15-13-19(14-16-22)17-23(29-26(34)20-9-6-5-7-10-20)27(35)30-28-18-21-11-8-12-24(25(21)33)32(36)37/h5-18,33H,3-4H2,1-2H3,(H,29,34)(H,30,35)/p-1/b23-17+,28-18-. The molecule has 0 radical (unpaired) electrons. The van der Waals surface area contributed by atoms with Crippen LogP contribution >= 0.6 is 0 Å². The first-order chi connectivity index (χ1) is 17.8. The lowest BCUT2D eigenvalue weighted by Crippen LogP contribution is -2.32. The molecule has 3 rings (SSSR count). The van der Waals surface area contributed by atoms with Crippen LogP contribution in [0, 0.1) is 10.1 Å². The summed E-state index contributed by atoms with van der Waals surface area (Å²) in [6.07, 6.45) is 2.52. The highest BCUT2D eigenvalue weighted by molar-refractivity contribution is 6.05. The largest absolute Gasteiger partial charge is 0.867 e. The van der Waals surface area contributed by atoms with Gasteiger partial charge in [-0.1, -0.05) is 42.5 Å². The SMILES string of the molecule is CCN(CC)c1ccc(/C=C(/NC(=O)c2ccccc2)C(=O)N/N=C\c2cccc([N+](=O)[O-])c2[O-])cc1. The van der Waals surface area contributed by atoms with Crippen LogP contribution in [-0.4, -0.2) is 36.0 Å². The zero-order chi connectivity index (χ0) is 26.8. The van der Waals surface area contributed by atoms with Crippen molar-refractivity contribution in [3.8, 4) is 5.75 Å². The maximum Gasteiger partial charge on any atom is 0.287 e. The third kappa shape index (κ3) is 7.01. The molecule has 0 aromatic heterocycles. The number of carbonyl (C=O) groups is 2. The molecule has 37 heavy (non-hydrogen) atoms. The predicted octanol–water partition coefficient (Wildman–Crippen LogP) is 3.44. The second-order valence-electron chi connectivity index (χ2n) is 7.79. The first kappa shape index (κ1) is 26.6. The van der Waals surface area contributed by atoms with E-state index in [2.05, 4.69) is 34.6 Å². The van der Waals surface area contributed by atoms with Gasteiger partial charge in [-0.25, -0.2) is 5.43 Å². The molecule has 3 aromatic carbocycles. The number of nitrogens with one attached hydrogen (secondary N) is 2. The zero-order valence-corrected chi connectivity index (χ0v) is 20.4. The number of benzene rings is 3. The van der Waals surface area contributed by atoms with Crippen LogP contribution in [0.3, 0.4) is 0 Å². The van der Waals surface area contributed by atoms with E-state index in [1.54, 1.807) is 30.3 Å². The Morgan fingerprint density at radius 2 is 1.65 bits per heavy atom. The molecule has 0 unspecified atom stereocenters. The fraction of sp³-hybridized carbons (Fsp3) is 0.148. The summed E-state index contributed by atoms with van der Waals surface area (Å²) < 4.78 is 0. The van der Waals surface area contributed by atoms with E-state index in [1.807, 2.05) is 24.3 Å². The van der Waals surface area contributed by atoms with Crippen molar-refractivity contribution in [1.29, 1.82) is 0 Å². The van der Waals surface area contributed by atoms with Crippen molar-refractivity contribution in [1.82, 2.24) is 10.7 Å². The number of nitrogens with zero attached hydrogens (tertiary/aromatic N) is 3. The van der Waals surface area contributed by atoms with E-state index in [0.29, 0.717) is 11.1 Å². The van der Waals surface area contributed by atoms with Crippen molar-refractivity contribution >= 4 is 35.5 Å². The number of anilines is 1. The van der Waals surface area contributed by atoms with Gasteiger partial charge in [0.05, 0.1) is 11.1 Å². The van der Waals surface area contributed by atoms with Crippen LogP contribution in [0.4, 0.5) is 11.4 Å². The number of nitro groups is 1. The van der Waals surface area contributed by atoms with Crippen molar-refractivity contribution in [3.63, 3.8) is 0 Å². The summed E-state index contributed by atoms with van der Waals surface area (Å²) >= 11 is 0. The lowest BCUT2D eigenvalue weighted by atomic mass is 10.1. The molecule has 0 heterocycles. The average molecular weight is 501 g/mol. The van der Waals surface area contributed by atoms with Crippen LogP contribution in [0.25, 0.3) is 6.08 Å². The molecule has 0 spiro atoms. The lowest BCUT2D eigenvalue weighted by Gasteiger charge is -2.21. The first-order valence-corrected chi connectivity index (χ1v) is 11.5. The van der Waals surface area contributed by atoms with E-state index in [1.165, 1.54) is 18.2 Å². The molecule has 10 nitrogen and oxygen atoms in total. The molecule has 0 saturated carbocycles. The van der Waals surface area contributed by atoms with Gasteiger partial charge < -0.3 is 15.3 Å². The molecule has 10 heteroatoms. The summed E-state index contributed by atoms with van der Waals surface area (Å²) in [6.45, 7) is 5.81. The van der Waals surface area contributed by atoms with Crippen LogP contribution in [0.1, 0.15) is 35.3 Å². The Labute approximate surface area is 214 Å². The maximum atomic E-state index is 12.9. The van der Waals surface area contributed by atoms with Gasteiger partial charge in [-0.2, -0.15) is 5.10 Å². The van der Waals surface area contributed by atoms with Gasteiger partial charge in [-0.05, 0) is 61.1 Å². The highest BCUT2D eigenvalue weighted by atomic mass is 16.6. The molecule has 0 aliphatic carbocycles. The molecule has 2 N–H and O–H groups in total. The van der Waals surface area contributed by atoms with E-state index in [0.717, 1.165) is 31.1 Å². The van der Waals surface area contributed by atoms with E-state index < -0.39 is 28.2 Å². The number of hydrogen-bond donors (Lipinski definition) is 2. The molecule has 0 saturated heterocycles. The van der Waals surface area contributed by atoms with Crippen LogP contribution in [-0.2, 0) is 4.79 Å². The minimum atomic E-state index is -0.827. The van der Waals surface area contributed by atoms with Crippen molar-refractivity contribution in [2.75, 3.05) is 18.0 Å². The summed E-state index contributed by atoms with van der Waals surface area (Å²) in [6, 6.07) is 19.7. The van der Waals surface area contributed by atoms with Gasteiger partial charge in [0.2, 0.25) is 0 Å². The van der Waals surface area contributed by atoms with Gasteiger partial charge in [0, 0.05) is 30.4 Å². The third-order valence-corrected chi connectivity index (χ3v) is 5.45. The number of rotatable bonds is 10. The second-order valence-corrected chi connectivity index (χ2v) is 7.79. The zero-order valence-electron chi connectivity index (χ0n) is 20.4. The maximum absolute atomic E-state index is 12.9. The quantitative estimate of drug-likeness (QED) is 0.189. The van der Waals surface area contributed by atoms with Gasteiger partial charge in [-0.15, -0.1) is 0 Å². The van der Waals surface area contributed by atoms with Crippen LogP contribution in [0.5, 0.6) is 5.75 Å². The van der Waals surface area contributed by atoms with Gasteiger partial charge in [0.1, 0.15) is 5.70 Å². The van der Waals surface area contributed by atoms with Gasteiger partial charge >= 0.3 is 0 Å². The topological polar surface area (TPSA) is 140 Å². The lowest BCUT2D eigenvalue weighted by molar-refractivity contribution is -0.398. The second kappa shape index (κ2) is 12.6. The Bertz CT molecular complexity index is 1320. The highest BCUT2D eigenvalue weighted by Gasteiger charge is 2.15. The molecular weight excluding hydrogens is 474 g/mol. The summed E-state index contributed by atoms with van der Waals surface area (Å²) in [5.74, 6) is -2.07. The van der Waals surface area contributed by atoms with Gasteiger partial charge in [0.15, 0.2) is 0 Å². The summed E-state index contributed by atoms with van der Waals surface area (Å²) in [5.41, 5.74) is 3.56. The fourth-order valence-electron chi connectivity index (χ4n) is 3.49. The minimum absolute atomic E-state index is 0.0691. The molecule has 0 fully saturated rings. The number of hydrogen-bond acceptors (Lipinski definition) is 7. The molecule has 0 atom stereocenters. The number of amides is 2. The Morgan fingerprint density at radius 3 is 2.27 bits per heavy atom. The Morgan fingerprint density at radius 1 is 0.973 bits per heavy atom. The number of carbonyl (C=O) groups excluding carboxylic acids is 2. The summed E-state index contributed by atoms with van der Waals surface area (Å²) in [4.78, 5) is 38.0. The van der Waals surface area contributed by atoms with E-state index in [4.69, 9.17) is 0 Å². The Balaban J connectivity index is 1.85. The van der Waals surface area contributed by atoms with E-state index in [-0.39, 0.29) is 11.3 Å². The monoisotopic (exact) mass is 500 g/mol. The molecule has 2 amide bonds. The van der Waals surface area contributed by atoms with E-state index >= 15 is 0 Å². The smallest absolute Gasteiger partial charge is 0.287 e. The van der Waals surface area contributed by atoms with Crippen molar-refractivity contribution in [2.45, 2.75) is 13.8 Å². The summed E-state index contributed by atoms with van der Waals surface area (Å²) in [7, 11) is 0. The van der Waals surface area contributed by atoms with E-state index in [9.17, 15) is 24.8 Å². The number of para-hydroxylation sites is 1. The highest BCUT2D eigenvalue weighted by Crippen LogP contribution is 2.25. The van der Waals surface area contributed by atoms with Gasteiger partial charge in [0.25, 0.3) is 17.5 Å². The van der Waals surface area contributed by atoms with Crippen LogP contribution < -0.4 is 20.7 Å². The normalized spacial score (nSPS) is 11.2. The van der Waals surface area contributed by atoms with Crippen molar-refractivity contribution in [3.05, 3.63) is 105 Å². The fourth-order valence-corrected chi connectivity index (χ4v) is 3.49. The molecule has 0 bridgehead atoms. The minimum Gasteiger partial charge on any atom is -0.867 e. The molecule has 0 aliphatic rings. The van der Waals surface area contributed by atoms with Crippen LogP contribution in [0.2, 0.25) is 0 Å². The Hall–Kier alpha value is -4.99. The first-order valence-electron chi connectivity index (χ1n) is 11.5. The van der Waals surface area contributed by atoms with Gasteiger partial charge in [-0.3, -0.25) is 19.7 Å². The number of hydrazone groups is 1. The van der Waals surface area contributed by atoms with Crippen LogP contribution in [0.15, 0.2) is 83.6 Å². The molecule has 190 valence electrons. The average Bonchev–Trinajstić information content (AvgIpc) is 2.91. The molecule has 0 aliphatic heterocycles. The third-order valence-electron chi connectivity index (χ3n) is 5.45. The Kier molecular flexibility index (Phi) is 9.09. The van der Waals surface area contributed by atoms with Crippen molar-refractivity contribution in [2.24, 2.45) is 5.10 Å². The van der Waals surface area contributed by atoms with Crippen molar-refractivity contribution < 1.29 is 19.6 Å². The summed E-state index contributed by atoms with van der Waals surface area (Å²) in [5, 5.41) is 29.5. The molecule has 3 aromatic rings. The molecular formula is C27H26N5O5-. The number of nitro benzene ring substituents is 1. The predicted molar refractivity (Wildman–Crippen MR) is 140 cm³/mol.